The largest absolute Gasteiger partial charge is 0.355 e. The number of benzene rings is 2. The van der Waals surface area contributed by atoms with Crippen LogP contribution in [0, 0.1) is 0 Å². The highest BCUT2D eigenvalue weighted by Crippen LogP contribution is 2.16. The molecule has 2 aromatic rings. The molecule has 0 saturated carbocycles. The molecule has 6 nitrogen and oxygen atoms in total. The van der Waals surface area contributed by atoms with Crippen molar-refractivity contribution in [2.45, 2.75) is 12.8 Å². The van der Waals surface area contributed by atoms with Crippen LogP contribution in [-0.4, -0.2) is 43.3 Å². The van der Waals surface area contributed by atoms with Gasteiger partial charge >= 0.3 is 0 Å². The van der Waals surface area contributed by atoms with Gasteiger partial charge in [-0.1, -0.05) is 42.5 Å². The molecule has 0 heterocycles. The van der Waals surface area contributed by atoms with Crippen LogP contribution in [0.4, 0.5) is 5.69 Å². The lowest BCUT2D eigenvalue weighted by Gasteiger charge is -2.14. The first-order valence-corrected chi connectivity index (χ1v) is 8.38. The van der Waals surface area contributed by atoms with E-state index in [1.807, 2.05) is 30.3 Å². The summed E-state index contributed by atoms with van der Waals surface area (Å²) in [7, 11) is 3.31. The molecule has 136 valence electrons. The van der Waals surface area contributed by atoms with Gasteiger partial charge in [0.1, 0.15) is 0 Å². The van der Waals surface area contributed by atoms with Crippen LogP contribution >= 0.6 is 0 Å². The molecular formula is C20H23N3O3. The van der Waals surface area contributed by atoms with Crippen LogP contribution in [0.3, 0.4) is 0 Å². The molecule has 2 N–H and O–H groups in total. The summed E-state index contributed by atoms with van der Waals surface area (Å²) in [6.45, 7) is 0.237. The maximum absolute atomic E-state index is 12.1. The van der Waals surface area contributed by atoms with Crippen LogP contribution in [0.5, 0.6) is 0 Å². The maximum atomic E-state index is 12.1. The Balaban J connectivity index is 1.82. The summed E-state index contributed by atoms with van der Waals surface area (Å²) in [6, 6.07) is 16.3. The first-order chi connectivity index (χ1) is 12.5. The standard InChI is InChI=1S/C20H23N3O3/c1-23(2)20(26)16-10-6-7-11-17(16)22-18(24)12-13-21-19(25)14-15-8-4-3-5-9-15/h3-11H,12-14H2,1-2H3,(H,21,25)(H,22,24). The molecule has 0 spiro atoms. The first-order valence-electron chi connectivity index (χ1n) is 8.38. The second-order valence-electron chi connectivity index (χ2n) is 6.06. The summed E-state index contributed by atoms with van der Waals surface area (Å²) in [5.41, 5.74) is 1.82. The number of carbonyl (C=O) groups is 3. The predicted octanol–water partition coefficient (Wildman–Crippen LogP) is 2.08. The Labute approximate surface area is 153 Å². The molecular weight excluding hydrogens is 330 g/mol. The minimum atomic E-state index is -0.260. The third-order valence-corrected chi connectivity index (χ3v) is 3.72. The molecule has 0 aliphatic rings. The van der Waals surface area contributed by atoms with E-state index in [0.717, 1.165) is 5.56 Å². The summed E-state index contributed by atoms with van der Waals surface area (Å²) in [5, 5.41) is 5.46. The Hall–Kier alpha value is -3.15. The van der Waals surface area contributed by atoms with Crippen LogP contribution < -0.4 is 10.6 Å². The van der Waals surface area contributed by atoms with Crippen molar-refractivity contribution in [1.82, 2.24) is 10.2 Å². The Bertz CT molecular complexity index is 773. The fourth-order valence-corrected chi connectivity index (χ4v) is 2.39. The molecule has 0 atom stereocenters. The molecule has 0 radical (unpaired) electrons. The monoisotopic (exact) mass is 353 g/mol. The highest BCUT2D eigenvalue weighted by Gasteiger charge is 2.14. The lowest BCUT2D eigenvalue weighted by molar-refractivity contribution is -0.120. The molecule has 0 unspecified atom stereocenters. The number of amides is 3. The fraction of sp³-hybridized carbons (Fsp3) is 0.250. The normalized spacial score (nSPS) is 10.1. The summed E-state index contributed by atoms with van der Waals surface area (Å²) >= 11 is 0. The van der Waals surface area contributed by atoms with Crippen molar-refractivity contribution in [2.24, 2.45) is 0 Å². The van der Waals surface area contributed by atoms with Crippen molar-refractivity contribution in [3.63, 3.8) is 0 Å². The Kier molecular flexibility index (Phi) is 6.91. The minimum absolute atomic E-state index is 0.130. The van der Waals surface area contributed by atoms with Gasteiger partial charge in [0.05, 0.1) is 17.7 Å². The zero-order valence-electron chi connectivity index (χ0n) is 15.0. The van der Waals surface area contributed by atoms with Crippen molar-refractivity contribution in [3.05, 3.63) is 65.7 Å². The third-order valence-electron chi connectivity index (χ3n) is 3.72. The van der Waals surface area contributed by atoms with Crippen molar-refractivity contribution >= 4 is 23.4 Å². The molecule has 3 amide bonds. The van der Waals surface area contributed by atoms with E-state index in [1.54, 1.807) is 38.4 Å². The molecule has 26 heavy (non-hydrogen) atoms. The lowest BCUT2D eigenvalue weighted by Crippen LogP contribution is -2.29. The topological polar surface area (TPSA) is 78.5 Å². The summed E-state index contributed by atoms with van der Waals surface area (Å²) in [4.78, 5) is 37.6. The number of anilines is 1. The molecule has 0 fully saturated rings. The SMILES string of the molecule is CN(C)C(=O)c1ccccc1NC(=O)CCNC(=O)Cc1ccccc1. The van der Waals surface area contributed by atoms with Gasteiger partial charge in [0, 0.05) is 27.1 Å². The maximum Gasteiger partial charge on any atom is 0.255 e. The van der Waals surface area contributed by atoms with Crippen LogP contribution in [0.25, 0.3) is 0 Å². The molecule has 2 aromatic carbocycles. The smallest absolute Gasteiger partial charge is 0.255 e. The van der Waals surface area contributed by atoms with Crippen molar-refractivity contribution in [2.75, 3.05) is 26.0 Å². The molecule has 2 rings (SSSR count). The van der Waals surface area contributed by atoms with Gasteiger partial charge in [-0.25, -0.2) is 0 Å². The van der Waals surface area contributed by atoms with E-state index in [2.05, 4.69) is 10.6 Å². The first kappa shape index (κ1) is 19.2. The number of hydrogen-bond donors (Lipinski definition) is 2. The molecule has 0 aromatic heterocycles. The summed E-state index contributed by atoms with van der Waals surface area (Å²) in [6.07, 6.45) is 0.410. The van der Waals surface area contributed by atoms with Gasteiger partial charge < -0.3 is 15.5 Å². The Morgan fingerprint density at radius 1 is 0.885 bits per heavy atom. The van der Waals surface area contributed by atoms with Crippen LogP contribution in [-0.2, 0) is 16.0 Å². The number of para-hydroxylation sites is 1. The summed E-state index contributed by atoms with van der Waals surface area (Å²) in [5.74, 6) is -0.576. The fourth-order valence-electron chi connectivity index (χ4n) is 2.39. The van der Waals surface area contributed by atoms with E-state index in [-0.39, 0.29) is 37.1 Å². The molecule has 6 heteroatoms. The molecule has 0 saturated heterocycles. The highest BCUT2D eigenvalue weighted by atomic mass is 16.2. The molecule has 0 bridgehead atoms. The highest BCUT2D eigenvalue weighted by molar-refractivity contribution is 6.03. The van der Waals surface area contributed by atoms with E-state index >= 15 is 0 Å². The second kappa shape index (κ2) is 9.36. The van der Waals surface area contributed by atoms with E-state index in [9.17, 15) is 14.4 Å². The van der Waals surface area contributed by atoms with Gasteiger partial charge in [0.15, 0.2) is 0 Å². The van der Waals surface area contributed by atoms with Gasteiger partial charge in [-0.05, 0) is 17.7 Å². The molecule has 0 aliphatic heterocycles. The summed E-state index contributed by atoms with van der Waals surface area (Å²) < 4.78 is 0. The van der Waals surface area contributed by atoms with E-state index in [4.69, 9.17) is 0 Å². The van der Waals surface area contributed by atoms with Gasteiger partial charge in [0.2, 0.25) is 11.8 Å². The molecule has 0 aliphatic carbocycles. The number of carbonyl (C=O) groups excluding carboxylic acids is 3. The van der Waals surface area contributed by atoms with Gasteiger partial charge in [0.25, 0.3) is 5.91 Å². The van der Waals surface area contributed by atoms with E-state index in [0.29, 0.717) is 11.3 Å². The number of nitrogens with one attached hydrogen (secondary N) is 2. The average molecular weight is 353 g/mol. The zero-order chi connectivity index (χ0) is 18.9. The van der Waals surface area contributed by atoms with Crippen molar-refractivity contribution in [1.29, 1.82) is 0 Å². The average Bonchev–Trinajstić information content (AvgIpc) is 2.62. The Morgan fingerprint density at radius 2 is 1.54 bits per heavy atom. The van der Waals surface area contributed by atoms with Crippen molar-refractivity contribution < 1.29 is 14.4 Å². The quantitative estimate of drug-likeness (QED) is 0.800. The number of nitrogens with zero attached hydrogens (tertiary/aromatic N) is 1. The second-order valence-corrected chi connectivity index (χ2v) is 6.06. The zero-order valence-corrected chi connectivity index (χ0v) is 15.0. The van der Waals surface area contributed by atoms with E-state index in [1.165, 1.54) is 4.90 Å². The van der Waals surface area contributed by atoms with Gasteiger partial charge in [-0.2, -0.15) is 0 Å². The number of hydrogen-bond acceptors (Lipinski definition) is 3. The van der Waals surface area contributed by atoms with Gasteiger partial charge in [-0.3, -0.25) is 14.4 Å². The minimum Gasteiger partial charge on any atom is -0.355 e. The van der Waals surface area contributed by atoms with Crippen LogP contribution in [0.15, 0.2) is 54.6 Å². The van der Waals surface area contributed by atoms with E-state index < -0.39 is 0 Å². The predicted molar refractivity (Wildman–Crippen MR) is 101 cm³/mol. The van der Waals surface area contributed by atoms with Crippen LogP contribution in [0.2, 0.25) is 0 Å². The van der Waals surface area contributed by atoms with Crippen LogP contribution in [0.1, 0.15) is 22.3 Å². The Morgan fingerprint density at radius 3 is 2.23 bits per heavy atom. The number of rotatable bonds is 7. The van der Waals surface area contributed by atoms with Crippen molar-refractivity contribution in [3.8, 4) is 0 Å². The third kappa shape index (κ3) is 5.73. The lowest BCUT2D eigenvalue weighted by atomic mass is 10.1. The van der Waals surface area contributed by atoms with Gasteiger partial charge in [-0.15, -0.1) is 0 Å².